The lowest BCUT2D eigenvalue weighted by molar-refractivity contribution is -0.120. The second-order valence-corrected chi connectivity index (χ2v) is 4.70. The molecule has 2 heterocycles. The Kier molecular flexibility index (Phi) is 3.17. The summed E-state index contributed by atoms with van der Waals surface area (Å²) in [6.45, 7) is 0.241. The minimum atomic E-state index is -0.381. The smallest absolute Gasteiger partial charge is 0.277 e. The molecule has 1 amide bonds. The zero-order valence-corrected chi connectivity index (χ0v) is 11.3. The first-order chi connectivity index (χ1) is 10.1. The quantitative estimate of drug-likeness (QED) is 0.759. The van der Waals surface area contributed by atoms with E-state index >= 15 is 0 Å². The third-order valence-corrected chi connectivity index (χ3v) is 3.39. The number of nitrogens with one attached hydrogen (secondary N) is 2. The number of hydrogen-bond acceptors (Lipinski definition) is 3. The number of fused-ring (bicyclic) bond motifs is 3. The Morgan fingerprint density at radius 3 is 3.05 bits per heavy atom. The van der Waals surface area contributed by atoms with Gasteiger partial charge in [0.25, 0.3) is 5.56 Å². The molecule has 21 heavy (non-hydrogen) atoms. The van der Waals surface area contributed by atoms with Crippen molar-refractivity contribution < 1.29 is 9.18 Å². The average molecular weight is 288 g/mol. The number of aromatic amines is 1. The third kappa shape index (κ3) is 2.26. The number of benzene rings is 1. The molecule has 0 saturated heterocycles. The maximum Gasteiger partial charge on any atom is 0.277 e. The van der Waals surface area contributed by atoms with Crippen molar-refractivity contribution in [2.75, 3.05) is 7.05 Å². The van der Waals surface area contributed by atoms with Crippen LogP contribution in [0.25, 0.3) is 21.9 Å². The van der Waals surface area contributed by atoms with Crippen LogP contribution in [0.2, 0.25) is 0 Å². The van der Waals surface area contributed by atoms with Gasteiger partial charge in [-0.1, -0.05) is 0 Å². The van der Waals surface area contributed by atoms with Gasteiger partial charge in [-0.25, -0.2) is 9.37 Å². The number of halogens is 1. The van der Waals surface area contributed by atoms with Crippen LogP contribution >= 0.6 is 0 Å². The minimum absolute atomic E-state index is 0.152. The fraction of sp³-hybridized carbons (Fsp3) is 0.214. The Bertz CT molecular complexity index is 897. The van der Waals surface area contributed by atoms with Gasteiger partial charge < -0.3 is 10.3 Å². The molecule has 7 heteroatoms. The SMILES string of the molecule is CNC(=O)CCn1cnc2c([nH]c3ccc(F)cc32)c1=O. The van der Waals surface area contributed by atoms with Gasteiger partial charge in [0.2, 0.25) is 5.91 Å². The maximum absolute atomic E-state index is 13.3. The molecule has 3 aromatic rings. The fourth-order valence-electron chi connectivity index (χ4n) is 2.27. The van der Waals surface area contributed by atoms with E-state index in [-0.39, 0.29) is 30.2 Å². The number of amides is 1. The summed E-state index contributed by atoms with van der Waals surface area (Å²) < 4.78 is 14.7. The highest BCUT2D eigenvalue weighted by atomic mass is 19.1. The molecule has 0 aliphatic rings. The summed E-state index contributed by atoms with van der Waals surface area (Å²) in [5, 5.41) is 3.07. The lowest BCUT2D eigenvalue weighted by Gasteiger charge is -2.04. The Labute approximate surface area is 118 Å². The predicted octanol–water partition coefficient (Wildman–Crippen LogP) is 1.15. The van der Waals surface area contributed by atoms with Crippen molar-refractivity contribution in [3.8, 4) is 0 Å². The molecule has 0 atom stereocenters. The Hall–Kier alpha value is -2.70. The van der Waals surface area contributed by atoms with Gasteiger partial charge in [0.1, 0.15) is 16.9 Å². The van der Waals surface area contributed by atoms with Gasteiger partial charge in [-0.05, 0) is 18.2 Å². The lowest BCUT2D eigenvalue weighted by Crippen LogP contribution is -2.25. The lowest BCUT2D eigenvalue weighted by atomic mass is 10.2. The van der Waals surface area contributed by atoms with Crippen molar-refractivity contribution in [2.45, 2.75) is 13.0 Å². The molecule has 6 nitrogen and oxygen atoms in total. The first kappa shape index (κ1) is 13.3. The van der Waals surface area contributed by atoms with E-state index in [1.165, 1.54) is 23.0 Å². The normalized spacial score (nSPS) is 11.1. The van der Waals surface area contributed by atoms with Crippen LogP contribution in [0.3, 0.4) is 0 Å². The van der Waals surface area contributed by atoms with E-state index in [0.29, 0.717) is 21.9 Å². The number of hydrogen-bond donors (Lipinski definition) is 2. The molecule has 0 bridgehead atoms. The molecule has 2 aromatic heterocycles. The zero-order valence-electron chi connectivity index (χ0n) is 11.3. The van der Waals surface area contributed by atoms with E-state index < -0.39 is 0 Å². The largest absolute Gasteiger partial charge is 0.359 e. The van der Waals surface area contributed by atoms with Crippen molar-refractivity contribution in [3.63, 3.8) is 0 Å². The third-order valence-electron chi connectivity index (χ3n) is 3.39. The summed E-state index contributed by atoms with van der Waals surface area (Å²) >= 11 is 0. The van der Waals surface area contributed by atoms with Crippen molar-refractivity contribution in [1.82, 2.24) is 19.9 Å². The molecule has 2 N–H and O–H groups in total. The molecule has 1 aromatic carbocycles. The van der Waals surface area contributed by atoms with Crippen molar-refractivity contribution in [1.29, 1.82) is 0 Å². The second kappa shape index (κ2) is 5.01. The number of aryl methyl sites for hydroxylation is 1. The first-order valence-corrected chi connectivity index (χ1v) is 6.47. The second-order valence-electron chi connectivity index (χ2n) is 4.70. The van der Waals surface area contributed by atoms with E-state index in [4.69, 9.17) is 0 Å². The van der Waals surface area contributed by atoms with Crippen LogP contribution in [-0.2, 0) is 11.3 Å². The molecule has 0 aliphatic heterocycles. The molecular weight excluding hydrogens is 275 g/mol. The Morgan fingerprint density at radius 2 is 2.29 bits per heavy atom. The highest BCUT2D eigenvalue weighted by Gasteiger charge is 2.12. The van der Waals surface area contributed by atoms with Crippen molar-refractivity contribution >= 4 is 27.8 Å². The molecule has 0 fully saturated rings. The van der Waals surface area contributed by atoms with Gasteiger partial charge >= 0.3 is 0 Å². The van der Waals surface area contributed by atoms with Gasteiger partial charge in [0.05, 0.1) is 6.33 Å². The van der Waals surface area contributed by atoms with Gasteiger partial charge in [-0.15, -0.1) is 0 Å². The summed E-state index contributed by atoms with van der Waals surface area (Å²) in [6.07, 6.45) is 1.57. The summed E-state index contributed by atoms with van der Waals surface area (Å²) in [4.78, 5) is 30.8. The molecule has 108 valence electrons. The highest BCUT2D eigenvalue weighted by molar-refractivity contribution is 6.04. The van der Waals surface area contributed by atoms with E-state index in [9.17, 15) is 14.0 Å². The van der Waals surface area contributed by atoms with Crippen LogP contribution in [0, 0.1) is 5.82 Å². The monoisotopic (exact) mass is 288 g/mol. The van der Waals surface area contributed by atoms with Crippen LogP contribution < -0.4 is 10.9 Å². The van der Waals surface area contributed by atoms with Crippen LogP contribution in [0.15, 0.2) is 29.3 Å². The fourth-order valence-corrected chi connectivity index (χ4v) is 2.27. The van der Waals surface area contributed by atoms with Gasteiger partial charge in [0.15, 0.2) is 0 Å². The molecule has 0 radical (unpaired) electrons. The predicted molar refractivity (Wildman–Crippen MR) is 76.5 cm³/mol. The number of H-pyrrole nitrogens is 1. The van der Waals surface area contributed by atoms with Gasteiger partial charge in [-0.2, -0.15) is 0 Å². The molecule has 0 aliphatic carbocycles. The number of aromatic nitrogens is 3. The molecule has 0 unspecified atom stereocenters. The number of carbonyl (C=O) groups excluding carboxylic acids is 1. The number of nitrogens with zero attached hydrogens (tertiary/aromatic N) is 2. The number of rotatable bonds is 3. The summed E-state index contributed by atoms with van der Waals surface area (Å²) in [5.41, 5.74) is 1.13. The van der Waals surface area contributed by atoms with E-state index in [1.807, 2.05) is 0 Å². The first-order valence-electron chi connectivity index (χ1n) is 6.47. The van der Waals surface area contributed by atoms with Crippen LogP contribution in [0.1, 0.15) is 6.42 Å². The van der Waals surface area contributed by atoms with Gasteiger partial charge in [-0.3, -0.25) is 14.2 Å². The molecule has 0 saturated carbocycles. The molecule has 3 rings (SSSR count). The van der Waals surface area contributed by atoms with Gasteiger partial charge in [0, 0.05) is 30.9 Å². The summed E-state index contributed by atoms with van der Waals surface area (Å²) in [5.74, 6) is -0.533. The summed E-state index contributed by atoms with van der Waals surface area (Å²) in [7, 11) is 1.54. The standard InChI is InChI=1S/C14H13FN4O2/c1-16-11(20)4-5-19-7-17-12-9-6-8(15)2-3-10(9)18-13(12)14(19)21/h2-3,6-7,18H,4-5H2,1H3,(H,16,20). The van der Waals surface area contributed by atoms with Crippen LogP contribution in [-0.4, -0.2) is 27.5 Å². The zero-order chi connectivity index (χ0) is 15.0. The van der Waals surface area contributed by atoms with E-state index in [2.05, 4.69) is 15.3 Å². The van der Waals surface area contributed by atoms with Crippen LogP contribution in [0.5, 0.6) is 0 Å². The maximum atomic E-state index is 13.3. The van der Waals surface area contributed by atoms with E-state index in [0.717, 1.165) is 0 Å². The highest BCUT2D eigenvalue weighted by Crippen LogP contribution is 2.21. The number of carbonyl (C=O) groups is 1. The molecule has 0 spiro atoms. The Balaban J connectivity index is 2.11. The Morgan fingerprint density at radius 1 is 1.48 bits per heavy atom. The average Bonchev–Trinajstić information content (AvgIpc) is 2.85. The van der Waals surface area contributed by atoms with Crippen molar-refractivity contribution in [3.05, 3.63) is 40.7 Å². The summed E-state index contributed by atoms with van der Waals surface area (Å²) in [6, 6.07) is 4.23. The minimum Gasteiger partial charge on any atom is -0.359 e. The molecular formula is C14H13FN4O2. The van der Waals surface area contributed by atoms with Crippen LogP contribution in [0.4, 0.5) is 4.39 Å². The van der Waals surface area contributed by atoms with E-state index in [1.54, 1.807) is 13.1 Å². The van der Waals surface area contributed by atoms with Crippen molar-refractivity contribution in [2.24, 2.45) is 0 Å². The topological polar surface area (TPSA) is 79.8 Å².